The first kappa shape index (κ1) is 19.1. The predicted octanol–water partition coefficient (Wildman–Crippen LogP) is 3.89. The molecular formula is C23H24N2O4. The molecule has 1 aromatic heterocycles. The number of carbonyl (C=O) groups is 1. The highest BCUT2D eigenvalue weighted by molar-refractivity contribution is 5.98. The van der Waals surface area contributed by atoms with Crippen molar-refractivity contribution in [1.29, 1.82) is 0 Å². The number of aromatic nitrogens is 1. The Morgan fingerprint density at radius 2 is 1.66 bits per heavy atom. The fraction of sp³-hybridized carbons (Fsp3) is 0.304. The van der Waals surface area contributed by atoms with Crippen LogP contribution >= 0.6 is 0 Å². The number of likely N-dealkylation sites (tertiary alicyclic amines) is 1. The first-order chi connectivity index (χ1) is 14.1. The minimum atomic E-state index is -0.0777. The number of hydrogen-bond acceptors (Lipinski definition) is 5. The van der Waals surface area contributed by atoms with Crippen LogP contribution < -0.4 is 14.2 Å². The third-order valence-corrected chi connectivity index (χ3v) is 5.48. The molecule has 1 aliphatic rings. The molecule has 1 atom stereocenters. The van der Waals surface area contributed by atoms with E-state index in [1.807, 2.05) is 23.2 Å². The van der Waals surface area contributed by atoms with Crippen LogP contribution in [0.25, 0.3) is 10.8 Å². The SMILES string of the molecule is COc1cc(OC)c(C(=O)N2CC[C@@H](c3cc4ccccc4cn3)C2)cc1OC. The van der Waals surface area contributed by atoms with Gasteiger partial charge in [-0.15, -0.1) is 0 Å². The van der Waals surface area contributed by atoms with Gasteiger partial charge in [0.15, 0.2) is 11.5 Å². The maximum Gasteiger partial charge on any atom is 0.257 e. The summed E-state index contributed by atoms with van der Waals surface area (Å²) in [4.78, 5) is 19.7. The number of methoxy groups -OCH3 is 3. The van der Waals surface area contributed by atoms with E-state index >= 15 is 0 Å². The smallest absolute Gasteiger partial charge is 0.257 e. The van der Waals surface area contributed by atoms with E-state index in [9.17, 15) is 4.79 Å². The van der Waals surface area contributed by atoms with Crippen molar-refractivity contribution in [3.63, 3.8) is 0 Å². The van der Waals surface area contributed by atoms with Crippen molar-refractivity contribution in [3.8, 4) is 17.2 Å². The molecule has 4 rings (SSSR count). The Hall–Kier alpha value is -3.28. The van der Waals surface area contributed by atoms with Crippen LogP contribution in [0.2, 0.25) is 0 Å². The molecule has 0 N–H and O–H groups in total. The highest BCUT2D eigenvalue weighted by Gasteiger charge is 2.31. The zero-order chi connectivity index (χ0) is 20.4. The van der Waals surface area contributed by atoms with Gasteiger partial charge in [0.05, 0.1) is 26.9 Å². The van der Waals surface area contributed by atoms with Crippen molar-refractivity contribution in [2.75, 3.05) is 34.4 Å². The summed E-state index contributed by atoms with van der Waals surface area (Å²) in [6.45, 7) is 1.30. The third kappa shape index (κ3) is 3.58. The largest absolute Gasteiger partial charge is 0.496 e. The quantitative estimate of drug-likeness (QED) is 0.659. The van der Waals surface area contributed by atoms with Crippen LogP contribution in [-0.2, 0) is 0 Å². The van der Waals surface area contributed by atoms with Crippen LogP contribution in [0.15, 0.2) is 48.7 Å². The monoisotopic (exact) mass is 392 g/mol. The molecule has 1 fully saturated rings. The zero-order valence-electron chi connectivity index (χ0n) is 16.8. The standard InChI is InChI=1S/C23H24N2O4/c1-27-20-12-22(29-3)21(28-2)11-18(20)23(26)25-9-8-17(14-25)19-10-15-6-4-5-7-16(15)13-24-19/h4-7,10-13,17H,8-9,14H2,1-3H3/t17-/m1/s1. The van der Waals surface area contributed by atoms with Crippen molar-refractivity contribution < 1.29 is 19.0 Å². The number of ether oxygens (including phenoxy) is 3. The lowest BCUT2D eigenvalue weighted by Gasteiger charge is -2.19. The van der Waals surface area contributed by atoms with Gasteiger partial charge in [-0.1, -0.05) is 24.3 Å². The molecule has 0 bridgehead atoms. The van der Waals surface area contributed by atoms with Gasteiger partial charge in [0, 0.05) is 48.4 Å². The normalized spacial score (nSPS) is 16.1. The summed E-state index contributed by atoms with van der Waals surface area (Å²) >= 11 is 0. The van der Waals surface area contributed by atoms with E-state index in [-0.39, 0.29) is 11.8 Å². The van der Waals surface area contributed by atoms with Crippen LogP contribution in [0.4, 0.5) is 0 Å². The molecule has 1 aliphatic heterocycles. The molecule has 0 unspecified atom stereocenters. The fourth-order valence-corrected chi connectivity index (χ4v) is 3.88. The molecule has 1 amide bonds. The number of hydrogen-bond donors (Lipinski definition) is 0. The summed E-state index contributed by atoms with van der Waals surface area (Å²) < 4.78 is 16.1. The summed E-state index contributed by atoms with van der Waals surface area (Å²) in [5.74, 6) is 1.64. The molecule has 6 heteroatoms. The second kappa shape index (κ2) is 7.99. The molecule has 0 radical (unpaired) electrons. The Bertz CT molecular complexity index is 1050. The number of nitrogens with zero attached hydrogens (tertiary/aromatic N) is 2. The van der Waals surface area contributed by atoms with E-state index in [2.05, 4.69) is 23.2 Å². The van der Waals surface area contributed by atoms with Crippen molar-refractivity contribution in [3.05, 3.63) is 59.9 Å². The Balaban J connectivity index is 1.57. The summed E-state index contributed by atoms with van der Waals surface area (Å²) in [5, 5.41) is 2.29. The number of rotatable bonds is 5. The topological polar surface area (TPSA) is 60.9 Å². The van der Waals surface area contributed by atoms with Gasteiger partial charge in [0.1, 0.15) is 5.75 Å². The maximum absolute atomic E-state index is 13.2. The predicted molar refractivity (Wildman–Crippen MR) is 111 cm³/mol. The van der Waals surface area contributed by atoms with Crippen LogP contribution in [0.5, 0.6) is 17.2 Å². The number of amides is 1. The Labute approximate surface area is 170 Å². The molecule has 0 aliphatic carbocycles. The van der Waals surface area contributed by atoms with E-state index in [0.29, 0.717) is 35.9 Å². The van der Waals surface area contributed by atoms with Crippen molar-refractivity contribution in [2.45, 2.75) is 12.3 Å². The van der Waals surface area contributed by atoms with Gasteiger partial charge in [0.25, 0.3) is 5.91 Å². The summed E-state index contributed by atoms with van der Waals surface area (Å²) in [5.41, 5.74) is 1.50. The van der Waals surface area contributed by atoms with Crippen molar-refractivity contribution in [2.24, 2.45) is 0 Å². The molecule has 3 aromatic rings. The lowest BCUT2D eigenvalue weighted by Crippen LogP contribution is -2.29. The van der Waals surface area contributed by atoms with Gasteiger partial charge in [-0.2, -0.15) is 0 Å². The van der Waals surface area contributed by atoms with Gasteiger partial charge in [-0.3, -0.25) is 9.78 Å². The lowest BCUT2D eigenvalue weighted by atomic mass is 10.0. The van der Waals surface area contributed by atoms with Gasteiger partial charge in [0.2, 0.25) is 0 Å². The molecular weight excluding hydrogens is 368 g/mol. The van der Waals surface area contributed by atoms with E-state index in [1.165, 1.54) is 5.39 Å². The third-order valence-electron chi connectivity index (χ3n) is 5.48. The Morgan fingerprint density at radius 1 is 0.966 bits per heavy atom. The number of carbonyl (C=O) groups excluding carboxylic acids is 1. The van der Waals surface area contributed by atoms with Crippen LogP contribution in [0.1, 0.15) is 28.4 Å². The Morgan fingerprint density at radius 3 is 2.38 bits per heavy atom. The maximum atomic E-state index is 13.2. The van der Waals surface area contributed by atoms with Crippen molar-refractivity contribution >= 4 is 16.7 Å². The molecule has 2 heterocycles. The average molecular weight is 392 g/mol. The second-order valence-corrected chi connectivity index (χ2v) is 7.10. The second-order valence-electron chi connectivity index (χ2n) is 7.10. The van der Waals surface area contributed by atoms with Crippen LogP contribution in [0, 0.1) is 0 Å². The molecule has 29 heavy (non-hydrogen) atoms. The number of pyridine rings is 1. The lowest BCUT2D eigenvalue weighted by molar-refractivity contribution is 0.0787. The molecule has 150 valence electrons. The van der Waals surface area contributed by atoms with Crippen LogP contribution in [0.3, 0.4) is 0 Å². The molecule has 1 saturated heterocycles. The van der Waals surface area contributed by atoms with E-state index in [0.717, 1.165) is 17.5 Å². The average Bonchev–Trinajstić information content (AvgIpc) is 3.27. The molecule has 0 saturated carbocycles. The molecule has 0 spiro atoms. The van der Waals surface area contributed by atoms with Crippen molar-refractivity contribution in [1.82, 2.24) is 9.88 Å². The van der Waals surface area contributed by atoms with E-state index < -0.39 is 0 Å². The minimum absolute atomic E-state index is 0.0777. The van der Waals surface area contributed by atoms with Crippen LogP contribution in [-0.4, -0.2) is 50.2 Å². The highest BCUT2D eigenvalue weighted by Crippen LogP contribution is 2.36. The highest BCUT2D eigenvalue weighted by atomic mass is 16.5. The van der Waals surface area contributed by atoms with Gasteiger partial charge >= 0.3 is 0 Å². The fourth-order valence-electron chi connectivity index (χ4n) is 3.88. The first-order valence-corrected chi connectivity index (χ1v) is 9.58. The summed E-state index contributed by atoms with van der Waals surface area (Å²) in [6, 6.07) is 13.7. The summed E-state index contributed by atoms with van der Waals surface area (Å²) in [6.07, 6.45) is 2.79. The number of benzene rings is 2. The zero-order valence-corrected chi connectivity index (χ0v) is 16.8. The number of fused-ring (bicyclic) bond motifs is 1. The van der Waals surface area contributed by atoms with E-state index in [4.69, 9.17) is 14.2 Å². The van der Waals surface area contributed by atoms with E-state index in [1.54, 1.807) is 33.5 Å². The molecule has 6 nitrogen and oxygen atoms in total. The first-order valence-electron chi connectivity index (χ1n) is 9.58. The van der Waals surface area contributed by atoms with Gasteiger partial charge < -0.3 is 19.1 Å². The summed E-state index contributed by atoms with van der Waals surface area (Å²) in [7, 11) is 4.65. The van der Waals surface area contributed by atoms with Gasteiger partial charge in [-0.05, 0) is 17.9 Å². The molecule has 2 aromatic carbocycles. The minimum Gasteiger partial charge on any atom is -0.496 e. The van der Waals surface area contributed by atoms with Gasteiger partial charge in [-0.25, -0.2) is 0 Å². The Kier molecular flexibility index (Phi) is 5.25.